The number of aromatic nitrogens is 1. The van der Waals surface area contributed by atoms with Crippen molar-refractivity contribution < 1.29 is 14.3 Å². The van der Waals surface area contributed by atoms with E-state index in [0.717, 1.165) is 46.5 Å². The molecule has 0 aliphatic heterocycles. The molecule has 0 unspecified atom stereocenters. The highest BCUT2D eigenvalue weighted by molar-refractivity contribution is 7.18. The van der Waals surface area contributed by atoms with E-state index in [1.165, 1.54) is 0 Å². The maximum absolute atomic E-state index is 12.9. The molecule has 2 aromatic carbocycles. The highest BCUT2D eigenvalue weighted by Crippen LogP contribution is 2.41. The molecule has 1 saturated carbocycles. The molecule has 5 nitrogen and oxygen atoms in total. The Morgan fingerprint density at radius 2 is 1.80 bits per heavy atom. The molecular formula is C24H26N2O3S. The molecule has 0 spiro atoms. The van der Waals surface area contributed by atoms with Crippen molar-refractivity contribution in [3.8, 4) is 0 Å². The highest BCUT2D eigenvalue weighted by atomic mass is 32.1. The second kappa shape index (κ2) is 9.39. The van der Waals surface area contributed by atoms with Crippen molar-refractivity contribution in [2.45, 2.75) is 38.1 Å². The Bertz CT molecular complexity index is 984. The van der Waals surface area contributed by atoms with E-state index in [-0.39, 0.29) is 30.3 Å². The molecule has 0 N–H and O–H groups in total. The predicted octanol–water partition coefficient (Wildman–Crippen LogP) is 4.77. The minimum absolute atomic E-state index is 0.0702. The first kappa shape index (κ1) is 20.5. The van der Waals surface area contributed by atoms with Crippen molar-refractivity contribution in [1.82, 2.24) is 9.88 Å². The number of carbonyl (C=O) groups excluding carboxylic acids is 2. The molecule has 1 amide bonds. The Morgan fingerprint density at radius 3 is 2.60 bits per heavy atom. The predicted molar refractivity (Wildman–Crippen MR) is 118 cm³/mol. The first-order valence-corrected chi connectivity index (χ1v) is 11.2. The highest BCUT2D eigenvalue weighted by Gasteiger charge is 2.35. The van der Waals surface area contributed by atoms with Crippen LogP contribution in [0.5, 0.6) is 0 Å². The van der Waals surface area contributed by atoms with Crippen molar-refractivity contribution in [2.75, 3.05) is 13.7 Å². The number of amides is 1. The first-order valence-electron chi connectivity index (χ1n) is 10.4. The Hall–Kier alpha value is -2.73. The fourth-order valence-corrected chi connectivity index (χ4v) is 5.22. The van der Waals surface area contributed by atoms with Crippen LogP contribution in [0.2, 0.25) is 0 Å². The molecule has 0 saturated heterocycles. The minimum Gasteiger partial charge on any atom is -0.455 e. The largest absolute Gasteiger partial charge is 0.455 e. The van der Waals surface area contributed by atoms with Gasteiger partial charge in [-0.2, -0.15) is 0 Å². The summed E-state index contributed by atoms with van der Waals surface area (Å²) < 4.78 is 6.62. The number of likely N-dealkylation sites (N-methyl/N-ethyl adjacent to an activating group) is 1. The molecule has 1 fully saturated rings. The van der Waals surface area contributed by atoms with E-state index in [2.05, 4.69) is 6.07 Å². The second-order valence-electron chi connectivity index (χ2n) is 7.86. The van der Waals surface area contributed by atoms with Gasteiger partial charge in [-0.15, -0.1) is 11.3 Å². The molecule has 4 rings (SSSR count). The van der Waals surface area contributed by atoms with E-state index in [1.54, 1.807) is 23.3 Å². The zero-order valence-electron chi connectivity index (χ0n) is 17.1. The van der Waals surface area contributed by atoms with Crippen molar-refractivity contribution >= 4 is 33.4 Å². The fraction of sp³-hybridized carbons (Fsp3) is 0.375. The van der Waals surface area contributed by atoms with Gasteiger partial charge in [-0.3, -0.25) is 9.59 Å². The van der Waals surface area contributed by atoms with Crippen LogP contribution in [-0.2, 0) is 20.9 Å². The van der Waals surface area contributed by atoms with Crippen molar-refractivity contribution in [1.29, 1.82) is 0 Å². The lowest BCUT2D eigenvalue weighted by atomic mass is 9.79. The van der Waals surface area contributed by atoms with Crippen molar-refractivity contribution in [3.63, 3.8) is 0 Å². The van der Waals surface area contributed by atoms with E-state index >= 15 is 0 Å². The Morgan fingerprint density at radius 1 is 1.07 bits per heavy atom. The fourth-order valence-electron chi connectivity index (χ4n) is 4.05. The van der Waals surface area contributed by atoms with Crippen LogP contribution >= 0.6 is 11.3 Å². The number of nitrogens with zero attached hydrogens (tertiary/aromatic N) is 2. The van der Waals surface area contributed by atoms with Gasteiger partial charge < -0.3 is 9.64 Å². The summed E-state index contributed by atoms with van der Waals surface area (Å²) in [6, 6.07) is 17.8. The van der Waals surface area contributed by atoms with Crippen LogP contribution in [0.15, 0.2) is 54.6 Å². The summed E-state index contributed by atoms with van der Waals surface area (Å²) in [6.07, 6.45) is 3.81. The number of para-hydroxylation sites is 1. The van der Waals surface area contributed by atoms with E-state index in [4.69, 9.17) is 9.72 Å². The third-order valence-corrected chi connectivity index (χ3v) is 6.89. The average Bonchev–Trinajstić information content (AvgIpc) is 3.22. The third-order valence-electron chi connectivity index (χ3n) is 5.72. The molecule has 0 radical (unpaired) electrons. The monoisotopic (exact) mass is 422 g/mol. The summed E-state index contributed by atoms with van der Waals surface area (Å²) in [7, 11) is 1.73. The molecule has 1 heterocycles. The lowest BCUT2D eigenvalue weighted by Crippen LogP contribution is -2.33. The maximum atomic E-state index is 12.9. The molecule has 3 aromatic rings. The normalized spacial score (nSPS) is 18.8. The van der Waals surface area contributed by atoms with Crippen LogP contribution in [0.4, 0.5) is 0 Å². The van der Waals surface area contributed by atoms with Gasteiger partial charge >= 0.3 is 5.97 Å². The Labute approximate surface area is 180 Å². The molecule has 1 aliphatic rings. The van der Waals surface area contributed by atoms with Crippen LogP contribution in [0, 0.1) is 5.92 Å². The lowest BCUT2D eigenvalue weighted by molar-refractivity contribution is -0.156. The van der Waals surface area contributed by atoms with Gasteiger partial charge in [0.2, 0.25) is 0 Å². The topological polar surface area (TPSA) is 59.5 Å². The zero-order chi connectivity index (χ0) is 20.9. The number of esters is 1. The molecule has 156 valence electrons. The average molecular weight is 423 g/mol. The summed E-state index contributed by atoms with van der Waals surface area (Å²) in [4.78, 5) is 31.7. The number of hydrogen-bond donors (Lipinski definition) is 0. The van der Waals surface area contributed by atoms with E-state index in [0.29, 0.717) is 6.54 Å². The molecule has 30 heavy (non-hydrogen) atoms. The van der Waals surface area contributed by atoms with Crippen LogP contribution < -0.4 is 0 Å². The summed E-state index contributed by atoms with van der Waals surface area (Å²) >= 11 is 1.66. The van der Waals surface area contributed by atoms with Crippen molar-refractivity contribution in [2.24, 2.45) is 5.92 Å². The second-order valence-corrected chi connectivity index (χ2v) is 8.92. The standard InChI is InChI=1S/C24H26N2O3S/c1-26(15-17-9-3-2-4-10-17)22(27)16-29-24(28)19-12-6-5-11-18(19)23-25-20-13-7-8-14-21(20)30-23/h2-4,7-10,13-14,18-19H,5-6,11-12,15-16H2,1H3/t18-,19-/m0/s1. The molecule has 1 aliphatic carbocycles. The number of thiazole rings is 1. The quantitative estimate of drug-likeness (QED) is 0.537. The van der Waals surface area contributed by atoms with Crippen LogP contribution in [-0.4, -0.2) is 35.4 Å². The molecule has 1 aromatic heterocycles. The Kier molecular flexibility index (Phi) is 6.43. The van der Waals surface area contributed by atoms with Gasteiger partial charge in [0.25, 0.3) is 5.91 Å². The Balaban J connectivity index is 1.38. The number of fused-ring (bicyclic) bond motifs is 1. The smallest absolute Gasteiger partial charge is 0.310 e. The van der Waals surface area contributed by atoms with Crippen LogP contribution in [0.25, 0.3) is 10.2 Å². The number of benzene rings is 2. The molecule has 0 bridgehead atoms. The zero-order valence-corrected chi connectivity index (χ0v) is 17.9. The summed E-state index contributed by atoms with van der Waals surface area (Å²) in [5, 5.41) is 1.00. The summed E-state index contributed by atoms with van der Waals surface area (Å²) in [6.45, 7) is 0.278. The lowest BCUT2D eigenvalue weighted by Gasteiger charge is -2.28. The van der Waals surface area contributed by atoms with E-state index in [1.807, 2.05) is 48.5 Å². The number of carbonyl (C=O) groups is 2. The number of ether oxygens (including phenoxy) is 1. The van der Waals surface area contributed by atoms with Crippen LogP contribution in [0.1, 0.15) is 42.2 Å². The number of rotatable bonds is 6. The van der Waals surface area contributed by atoms with Gasteiger partial charge in [-0.1, -0.05) is 55.3 Å². The molecule has 6 heteroatoms. The van der Waals surface area contributed by atoms with Gasteiger partial charge in [-0.25, -0.2) is 4.98 Å². The molecular weight excluding hydrogens is 396 g/mol. The summed E-state index contributed by atoms with van der Waals surface area (Å²) in [5.41, 5.74) is 2.02. The maximum Gasteiger partial charge on any atom is 0.310 e. The van der Waals surface area contributed by atoms with E-state index < -0.39 is 0 Å². The molecule has 2 atom stereocenters. The number of hydrogen-bond acceptors (Lipinski definition) is 5. The van der Waals surface area contributed by atoms with Gasteiger partial charge in [-0.05, 0) is 30.5 Å². The summed E-state index contributed by atoms with van der Waals surface area (Å²) in [5.74, 6) is -0.632. The minimum atomic E-state index is -0.277. The van der Waals surface area contributed by atoms with Gasteiger partial charge in [0.05, 0.1) is 21.1 Å². The third kappa shape index (κ3) is 4.70. The van der Waals surface area contributed by atoms with Gasteiger partial charge in [0.15, 0.2) is 6.61 Å². The van der Waals surface area contributed by atoms with E-state index in [9.17, 15) is 9.59 Å². The van der Waals surface area contributed by atoms with Gasteiger partial charge in [0, 0.05) is 19.5 Å². The first-order chi connectivity index (χ1) is 14.6. The SMILES string of the molecule is CN(Cc1ccccc1)C(=O)COC(=O)[C@H]1CCCC[C@@H]1c1nc2ccccc2s1. The van der Waals surface area contributed by atoms with Crippen molar-refractivity contribution in [3.05, 3.63) is 65.2 Å². The van der Waals surface area contributed by atoms with Crippen LogP contribution in [0.3, 0.4) is 0 Å². The van der Waals surface area contributed by atoms with Gasteiger partial charge in [0.1, 0.15) is 0 Å².